The lowest BCUT2D eigenvalue weighted by molar-refractivity contribution is -0.137. The van der Waals surface area contributed by atoms with Crippen LogP contribution < -0.4 is 0 Å². The molecule has 160 valence electrons. The molecule has 0 heterocycles. The van der Waals surface area contributed by atoms with E-state index in [1.807, 2.05) is 18.2 Å². The number of phenols is 1. The van der Waals surface area contributed by atoms with Gasteiger partial charge in [0.05, 0.1) is 18.8 Å². The zero-order valence-corrected chi connectivity index (χ0v) is 17.1. The van der Waals surface area contributed by atoms with Gasteiger partial charge in [-0.1, -0.05) is 36.4 Å². The number of hydrogen-bond acceptors (Lipinski definition) is 3. The molecule has 31 heavy (non-hydrogen) atoms. The van der Waals surface area contributed by atoms with Crippen LogP contribution in [0.1, 0.15) is 16.7 Å². The Balaban J connectivity index is 2.11. The zero-order valence-electron chi connectivity index (χ0n) is 17.1. The summed E-state index contributed by atoms with van der Waals surface area (Å²) in [6.07, 6.45) is -4.42. The third-order valence-electron chi connectivity index (χ3n) is 5.37. The van der Waals surface area contributed by atoms with Crippen molar-refractivity contribution in [3.05, 3.63) is 77.4 Å². The van der Waals surface area contributed by atoms with Crippen molar-refractivity contribution in [3.63, 3.8) is 0 Å². The van der Waals surface area contributed by atoms with Crippen molar-refractivity contribution in [1.82, 2.24) is 0 Å². The third kappa shape index (κ3) is 3.96. The summed E-state index contributed by atoms with van der Waals surface area (Å²) in [6, 6.07) is 16.2. The highest BCUT2D eigenvalue weighted by Crippen LogP contribution is 2.41. The fourth-order valence-corrected chi connectivity index (χ4v) is 4.06. The van der Waals surface area contributed by atoms with Crippen LogP contribution in [0.15, 0.2) is 60.7 Å². The summed E-state index contributed by atoms with van der Waals surface area (Å²) < 4.78 is 50.7. The fraction of sp³-hybridized carbons (Fsp3) is 0.200. The average Bonchev–Trinajstić information content (AvgIpc) is 2.73. The van der Waals surface area contributed by atoms with Crippen LogP contribution in [-0.4, -0.2) is 19.3 Å². The molecule has 0 radical (unpaired) electrons. The van der Waals surface area contributed by atoms with Crippen molar-refractivity contribution >= 4 is 21.5 Å². The van der Waals surface area contributed by atoms with Crippen LogP contribution in [0.4, 0.5) is 13.2 Å². The molecule has 3 nitrogen and oxygen atoms in total. The number of phenolic OH excluding ortho intramolecular Hbond substituents is 1. The summed E-state index contributed by atoms with van der Waals surface area (Å²) in [7, 11) is 3.18. The molecule has 0 saturated heterocycles. The molecule has 0 unspecified atom stereocenters. The van der Waals surface area contributed by atoms with Crippen LogP contribution >= 0.6 is 0 Å². The molecule has 4 aromatic carbocycles. The first-order chi connectivity index (χ1) is 14.8. The summed E-state index contributed by atoms with van der Waals surface area (Å²) in [4.78, 5) is 0. The number of alkyl halides is 3. The molecule has 0 fully saturated rings. The minimum absolute atomic E-state index is 0.141. The molecule has 0 aliphatic rings. The SMILES string of the molecule is COCc1ccc2cc(O)ccc2c1-c1c(COC)ccc2cc(C(F)(F)F)ccc12. The molecule has 0 aliphatic carbocycles. The van der Waals surface area contributed by atoms with Gasteiger partial charge in [0.1, 0.15) is 5.75 Å². The second kappa shape index (κ2) is 8.21. The van der Waals surface area contributed by atoms with Crippen molar-refractivity contribution in [2.45, 2.75) is 19.4 Å². The highest BCUT2D eigenvalue weighted by Gasteiger charge is 2.30. The van der Waals surface area contributed by atoms with Gasteiger partial charge in [0.15, 0.2) is 0 Å². The third-order valence-corrected chi connectivity index (χ3v) is 5.37. The molecule has 0 saturated carbocycles. The monoisotopic (exact) mass is 426 g/mol. The van der Waals surface area contributed by atoms with Crippen molar-refractivity contribution in [2.24, 2.45) is 0 Å². The normalized spacial score (nSPS) is 12.0. The minimum atomic E-state index is -4.42. The van der Waals surface area contributed by atoms with E-state index in [9.17, 15) is 18.3 Å². The van der Waals surface area contributed by atoms with Crippen LogP contribution in [-0.2, 0) is 28.9 Å². The smallest absolute Gasteiger partial charge is 0.416 e. The van der Waals surface area contributed by atoms with Gasteiger partial charge in [0.2, 0.25) is 0 Å². The van der Waals surface area contributed by atoms with Crippen LogP contribution in [0.2, 0.25) is 0 Å². The van der Waals surface area contributed by atoms with E-state index in [0.29, 0.717) is 24.0 Å². The molecular weight excluding hydrogens is 405 g/mol. The van der Waals surface area contributed by atoms with Crippen LogP contribution in [0.3, 0.4) is 0 Å². The molecule has 0 amide bonds. The number of methoxy groups -OCH3 is 2. The Morgan fingerprint density at radius 2 is 1.23 bits per heavy atom. The molecule has 0 bridgehead atoms. The van der Waals surface area contributed by atoms with Crippen LogP contribution in [0.25, 0.3) is 32.7 Å². The maximum atomic E-state index is 13.3. The van der Waals surface area contributed by atoms with E-state index in [2.05, 4.69) is 0 Å². The number of benzene rings is 4. The lowest BCUT2D eigenvalue weighted by atomic mass is 9.87. The molecule has 0 atom stereocenters. The Kier molecular flexibility index (Phi) is 5.60. The van der Waals surface area contributed by atoms with E-state index in [1.54, 1.807) is 38.5 Å². The minimum Gasteiger partial charge on any atom is -0.508 e. The van der Waals surface area contributed by atoms with Gasteiger partial charge >= 0.3 is 6.18 Å². The first-order valence-corrected chi connectivity index (χ1v) is 9.69. The maximum Gasteiger partial charge on any atom is 0.416 e. The molecule has 4 rings (SSSR count). The standard InChI is InChI=1S/C25H21F3O3/c1-30-13-17-5-3-15-11-19(25(26,27)28)7-9-21(15)23(17)24-18(14-31-2)6-4-16-12-20(29)8-10-22(16)24/h3-12,29H,13-14H2,1-2H3. The van der Waals surface area contributed by atoms with E-state index in [0.717, 1.165) is 39.1 Å². The number of hydrogen-bond donors (Lipinski definition) is 1. The van der Waals surface area contributed by atoms with Gasteiger partial charge in [-0.05, 0) is 68.1 Å². The molecular formula is C25H21F3O3. The maximum absolute atomic E-state index is 13.3. The zero-order chi connectivity index (χ0) is 22.2. The summed E-state index contributed by atoms with van der Waals surface area (Å²) >= 11 is 0. The number of ether oxygens (including phenoxy) is 2. The highest BCUT2D eigenvalue weighted by atomic mass is 19.4. The first kappa shape index (κ1) is 21.2. The largest absolute Gasteiger partial charge is 0.508 e. The fourth-order valence-electron chi connectivity index (χ4n) is 4.06. The Morgan fingerprint density at radius 3 is 1.74 bits per heavy atom. The summed E-state index contributed by atoms with van der Waals surface area (Å²) in [5.74, 6) is 0.141. The summed E-state index contributed by atoms with van der Waals surface area (Å²) in [5.41, 5.74) is 2.72. The molecule has 0 aromatic heterocycles. The van der Waals surface area contributed by atoms with Gasteiger partial charge in [-0.3, -0.25) is 0 Å². The van der Waals surface area contributed by atoms with E-state index in [1.165, 1.54) is 12.1 Å². The Bertz CT molecular complexity index is 1260. The van der Waals surface area contributed by atoms with Gasteiger partial charge in [0, 0.05) is 14.2 Å². The van der Waals surface area contributed by atoms with E-state index < -0.39 is 11.7 Å². The number of halogens is 3. The van der Waals surface area contributed by atoms with Crippen LogP contribution in [0, 0.1) is 0 Å². The van der Waals surface area contributed by atoms with E-state index >= 15 is 0 Å². The second-order valence-electron chi connectivity index (χ2n) is 7.40. The number of rotatable bonds is 5. The quantitative estimate of drug-likeness (QED) is 0.387. The van der Waals surface area contributed by atoms with Crippen molar-refractivity contribution in [3.8, 4) is 16.9 Å². The predicted octanol–water partition coefficient (Wildman–Crippen LogP) is 6.68. The Labute approximate surface area is 177 Å². The van der Waals surface area contributed by atoms with Gasteiger partial charge in [-0.2, -0.15) is 13.2 Å². The van der Waals surface area contributed by atoms with Gasteiger partial charge in [0.25, 0.3) is 0 Å². The van der Waals surface area contributed by atoms with Gasteiger partial charge in [-0.15, -0.1) is 0 Å². The lowest BCUT2D eigenvalue weighted by Gasteiger charge is -2.19. The number of fused-ring (bicyclic) bond motifs is 2. The van der Waals surface area contributed by atoms with Crippen molar-refractivity contribution < 1.29 is 27.8 Å². The highest BCUT2D eigenvalue weighted by molar-refractivity contribution is 6.08. The molecule has 0 spiro atoms. The van der Waals surface area contributed by atoms with Gasteiger partial charge in [-0.25, -0.2) is 0 Å². The topological polar surface area (TPSA) is 38.7 Å². The van der Waals surface area contributed by atoms with Crippen molar-refractivity contribution in [2.75, 3.05) is 14.2 Å². The van der Waals surface area contributed by atoms with E-state index in [4.69, 9.17) is 9.47 Å². The summed E-state index contributed by atoms with van der Waals surface area (Å²) in [6.45, 7) is 0.628. The predicted molar refractivity (Wildman–Crippen MR) is 115 cm³/mol. The second-order valence-corrected chi connectivity index (χ2v) is 7.40. The Morgan fingerprint density at radius 1 is 0.710 bits per heavy atom. The average molecular weight is 426 g/mol. The molecule has 4 aromatic rings. The van der Waals surface area contributed by atoms with Crippen molar-refractivity contribution in [1.29, 1.82) is 0 Å². The van der Waals surface area contributed by atoms with Gasteiger partial charge < -0.3 is 14.6 Å². The summed E-state index contributed by atoms with van der Waals surface area (Å²) in [5, 5.41) is 12.8. The molecule has 6 heteroatoms. The first-order valence-electron chi connectivity index (χ1n) is 9.69. The van der Waals surface area contributed by atoms with E-state index in [-0.39, 0.29) is 5.75 Å². The molecule has 1 N–H and O–H groups in total. The number of aromatic hydroxyl groups is 1. The Hall–Kier alpha value is -3.09. The lowest BCUT2D eigenvalue weighted by Crippen LogP contribution is -2.05. The molecule has 0 aliphatic heterocycles. The van der Waals surface area contributed by atoms with Crippen LogP contribution in [0.5, 0.6) is 5.75 Å².